The maximum Gasteiger partial charge on any atom is 0.267 e. The monoisotopic (exact) mass is 528 g/mol. The number of amides is 1. The van der Waals surface area contributed by atoms with Crippen LogP contribution >= 0.6 is 39.3 Å². The highest BCUT2D eigenvalue weighted by atomic mass is 79.9. The van der Waals surface area contributed by atoms with Gasteiger partial charge in [0.2, 0.25) is 0 Å². The van der Waals surface area contributed by atoms with Gasteiger partial charge in [-0.2, -0.15) is 0 Å². The van der Waals surface area contributed by atoms with E-state index in [0.717, 1.165) is 17.0 Å². The summed E-state index contributed by atoms with van der Waals surface area (Å²) in [7, 11) is 1.62. The topological polar surface area (TPSA) is 62.1 Å². The van der Waals surface area contributed by atoms with Gasteiger partial charge in [-0.25, -0.2) is 4.99 Å². The fourth-order valence-electron chi connectivity index (χ4n) is 3.08. The average molecular weight is 530 g/mol. The molecule has 3 aromatic rings. The molecule has 1 saturated heterocycles. The van der Waals surface area contributed by atoms with Crippen LogP contribution in [0.15, 0.2) is 81.1 Å². The fraction of sp³-hybridized carbons (Fsp3) is 0.0833. The number of rotatable bonds is 5. The largest absolute Gasteiger partial charge is 0.505 e. The molecule has 5 nitrogen and oxygen atoms in total. The highest BCUT2D eigenvalue weighted by molar-refractivity contribution is 9.10. The number of para-hydroxylation sites is 1. The Morgan fingerprint density at radius 3 is 2.53 bits per heavy atom. The van der Waals surface area contributed by atoms with Crippen molar-refractivity contribution in [2.75, 3.05) is 7.11 Å². The predicted molar refractivity (Wildman–Crippen MR) is 133 cm³/mol. The number of amidine groups is 1. The third kappa shape index (κ3) is 5.01. The molecule has 0 radical (unpaired) electrons. The van der Waals surface area contributed by atoms with Gasteiger partial charge in [-0.1, -0.05) is 41.9 Å². The Kier molecular flexibility index (Phi) is 6.89. The van der Waals surface area contributed by atoms with Crippen molar-refractivity contribution in [1.29, 1.82) is 0 Å². The summed E-state index contributed by atoms with van der Waals surface area (Å²) in [6.07, 6.45) is 1.75. The van der Waals surface area contributed by atoms with Crippen molar-refractivity contribution in [2.45, 2.75) is 6.54 Å². The number of phenols is 1. The Balaban J connectivity index is 1.70. The van der Waals surface area contributed by atoms with Crippen LogP contribution in [0, 0.1) is 0 Å². The van der Waals surface area contributed by atoms with Gasteiger partial charge in [0.1, 0.15) is 11.5 Å². The molecule has 1 amide bonds. The number of carbonyl (C=O) groups excluding carboxylic acids is 1. The molecule has 3 aromatic carbocycles. The number of hydrogen-bond acceptors (Lipinski definition) is 5. The second-order valence-electron chi connectivity index (χ2n) is 6.91. The van der Waals surface area contributed by atoms with Crippen LogP contribution in [0.4, 0.5) is 5.69 Å². The number of hydrogen-bond donors (Lipinski definition) is 1. The molecule has 4 rings (SSSR count). The number of halogens is 2. The molecule has 0 aromatic heterocycles. The Morgan fingerprint density at radius 2 is 1.88 bits per heavy atom. The minimum atomic E-state index is -0.152. The third-order valence-electron chi connectivity index (χ3n) is 4.71. The number of ether oxygens (including phenoxy) is 1. The molecule has 0 aliphatic carbocycles. The number of phenolic OH excluding ortho intramolecular Hbond substituents is 1. The zero-order valence-electron chi connectivity index (χ0n) is 17.0. The van der Waals surface area contributed by atoms with E-state index >= 15 is 0 Å². The molecule has 0 saturated carbocycles. The zero-order valence-corrected chi connectivity index (χ0v) is 20.1. The summed E-state index contributed by atoms with van der Waals surface area (Å²) in [6, 6.07) is 20.4. The molecule has 1 aliphatic rings. The first-order valence-electron chi connectivity index (χ1n) is 9.60. The van der Waals surface area contributed by atoms with Crippen LogP contribution < -0.4 is 4.74 Å². The molecule has 8 heteroatoms. The lowest BCUT2D eigenvalue weighted by Crippen LogP contribution is -2.28. The molecule has 1 fully saturated rings. The van der Waals surface area contributed by atoms with Gasteiger partial charge in [0.05, 0.1) is 33.7 Å². The maximum absolute atomic E-state index is 13.3. The molecular weight excluding hydrogens is 512 g/mol. The number of thioether (sulfide) groups is 1. The van der Waals surface area contributed by atoms with E-state index in [1.54, 1.807) is 30.2 Å². The number of aliphatic imine (C=N–C) groups is 1. The second-order valence-corrected chi connectivity index (χ2v) is 9.18. The molecule has 162 valence electrons. The van der Waals surface area contributed by atoms with E-state index in [9.17, 15) is 9.90 Å². The first-order valence-corrected chi connectivity index (χ1v) is 11.6. The molecule has 0 spiro atoms. The Morgan fingerprint density at radius 1 is 1.16 bits per heavy atom. The number of methoxy groups -OCH3 is 1. The van der Waals surface area contributed by atoms with E-state index in [1.807, 2.05) is 54.6 Å². The summed E-state index contributed by atoms with van der Waals surface area (Å²) in [6.45, 7) is 0.374. The minimum absolute atomic E-state index is 0.0355. The first-order chi connectivity index (χ1) is 15.4. The summed E-state index contributed by atoms with van der Waals surface area (Å²) in [5.41, 5.74) is 2.41. The molecule has 0 bridgehead atoms. The molecule has 32 heavy (non-hydrogen) atoms. The minimum Gasteiger partial charge on any atom is -0.505 e. The van der Waals surface area contributed by atoms with Gasteiger partial charge in [-0.05, 0) is 81.3 Å². The van der Waals surface area contributed by atoms with Crippen LogP contribution in [-0.2, 0) is 11.3 Å². The van der Waals surface area contributed by atoms with Crippen LogP contribution in [0.5, 0.6) is 11.5 Å². The van der Waals surface area contributed by atoms with Crippen molar-refractivity contribution in [2.24, 2.45) is 4.99 Å². The van der Waals surface area contributed by atoms with Crippen LogP contribution in [0.1, 0.15) is 11.1 Å². The lowest BCUT2D eigenvalue weighted by atomic mass is 10.2. The zero-order chi connectivity index (χ0) is 22.7. The quantitative estimate of drug-likeness (QED) is 0.377. The van der Waals surface area contributed by atoms with Crippen molar-refractivity contribution < 1.29 is 14.6 Å². The number of aromatic hydroxyl groups is 1. The molecule has 1 heterocycles. The Bertz CT molecular complexity index is 1190. The van der Waals surface area contributed by atoms with E-state index in [4.69, 9.17) is 21.3 Å². The van der Waals surface area contributed by atoms with E-state index in [0.29, 0.717) is 26.7 Å². The highest BCUT2D eigenvalue weighted by Gasteiger charge is 2.33. The second kappa shape index (κ2) is 9.81. The smallest absolute Gasteiger partial charge is 0.267 e. The number of benzene rings is 3. The van der Waals surface area contributed by atoms with Crippen molar-refractivity contribution >= 4 is 62.1 Å². The van der Waals surface area contributed by atoms with Gasteiger partial charge in [0.25, 0.3) is 5.91 Å². The van der Waals surface area contributed by atoms with Crippen LogP contribution in [0.3, 0.4) is 0 Å². The molecule has 1 N–H and O–H groups in total. The molecule has 0 unspecified atom stereocenters. The van der Waals surface area contributed by atoms with Gasteiger partial charge in [-0.3, -0.25) is 9.69 Å². The first kappa shape index (κ1) is 22.5. The van der Waals surface area contributed by atoms with E-state index in [1.165, 1.54) is 11.8 Å². The maximum atomic E-state index is 13.3. The Hall–Kier alpha value is -2.74. The van der Waals surface area contributed by atoms with Crippen LogP contribution in [0.2, 0.25) is 5.02 Å². The van der Waals surface area contributed by atoms with Gasteiger partial charge in [0, 0.05) is 0 Å². The lowest BCUT2D eigenvalue weighted by Gasteiger charge is -2.16. The van der Waals surface area contributed by atoms with Crippen molar-refractivity contribution in [3.05, 3.63) is 92.3 Å². The number of carbonyl (C=O) groups is 1. The summed E-state index contributed by atoms with van der Waals surface area (Å²) in [4.78, 5) is 20.2. The van der Waals surface area contributed by atoms with Crippen LogP contribution in [0.25, 0.3) is 6.08 Å². The Labute approximate surface area is 203 Å². The van der Waals surface area contributed by atoms with Gasteiger partial charge < -0.3 is 9.84 Å². The fourth-order valence-corrected chi connectivity index (χ4v) is 4.89. The van der Waals surface area contributed by atoms with Crippen molar-refractivity contribution in [3.63, 3.8) is 0 Å². The molecule has 1 aliphatic heterocycles. The summed E-state index contributed by atoms with van der Waals surface area (Å²) < 4.78 is 5.68. The summed E-state index contributed by atoms with van der Waals surface area (Å²) in [5, 5.41) is 10.7. The van der Waals surface area contributed by atoms with Gasteiger partial charge >= 0.3 is 0 Å². The summed E-state index contributed by atoms with van der Waals surface area (Å²) >= 11 is 10.7. The van der Waals surface area contributed by atoms with Gasteiger partial charge in [-0.15, -0.1) is 0 Å². The normalized spacial score (nSPS) is 16.2. The SMILES string of the molecule is COc1ccc(CN2C(=O)/C(=C\c3cc(Cl)c(O)c(Br)c3)SC2=Nc2ccccc2)cc1. The lowest BCUT2D eigenvalue weighted by molar-refractivity contribution is -0.122. The molecular formula is C24H18BrClN2O3S. The van der Waals surface area contributed by atoms with E-state index < -0.39 is 0 Å². The van der Waals surface area contributed by atoms with Crippen molar-refractivity contribution in [1.82, 2.24) is 4.90 Å². The third-order valence-corrected chi connectivity index (χ3v) is 6.60. The van der Waals surface area contributed by atoms with E-state index in [2.05, 4.69) is 15.9 Å². The predicted octanol–water partition coefficient (Wildman–Crippen LogP) is 6.62. The highest BCUT2D eigenvalue weighted by Crippen LogP contribution is 2.38. The van der Waals surface area contributed by atoms with Crippen molar-refractivity contribution in [3.8, 4) is 11.5 Å². The van der Waals surface area contributed by atoms with Gasteiger partial charge in [0.15, 0.2) is 5.17 Å². The summed E-state index contributed by atoms with van der Waals surface area (Å²) in [5.74, 6) is 0.567. The number of nitrogens with zero attached hydrogens (tertiary/aromatic N) is 2. The van der Waals surface area contributed by atoms with Crippen LogP contribution in [-0.4, -0.2) is 28.2 Å². The molecule has 0 atom stereocenters. The van der Waals surface area contributed by atoms with E-state index in [-0.39, 0.29) is 16.7 Å². The average Bonchev–Trinajstić information content (AvgIpc) is 3.07. The standard InChI is InChI=1S/C24H18BrClN2O3S/c1-31-18-9-7-15(8-10-18)14-28-23(30)21(13-16-11-19(25)22(29)20(26)12-16)32-24(28)27-17-5-3-2-4-6-17/h2-13,29H,14H2,1H3/b21-13+,27-24?.